The molecule has 1 fully saturated rings. The number of thioether (sulfide) groups is 1. The standard InChI is InChI=1S/C20H16Cl2N2O3S/c1-11-4-6-13(8-15(11)21)23-20-24(14-7-5-12(2)16(22)9-14)19(26)17(28-20)10-18(25)27-3/h4-10H,1-3H3/b17-10-,23-20?. The van der Waals surface area contributed by atoms with Crippen LogP contribution in [0.5, 0.6) is 0 Å². The number of nitrogens with zero attached hydrogens (tertiary/aromatic N) is 2. The second kappa shape index (κ2) is 8.39. The largest absolute Gasteiger partial charge is 0.466 e. The first kappa shape index (κ1) is 20.5. The van der Waals surface area contributed by atoms with Gasteiger partial charge in [-0.25, -0.2) is 9.79 Å². The number of carbonyl (C=O) groups is 2. The molecule has 1 amide bonds. The summed E-state index contributed by atoms with van der Waals surface area (Å²) in [6.45, 7) is 3.77. The number of halogens is 2. The second-order valence-electron chi connectivity index (χ2n) is 6.04. The fourth-order valence-electron chi connectivity index (χ4n) is 2.43. The summed E-state index contributed by atoms with van der Waals surface area (Å²) in [7, 11) is 1.25. The van der Waals surface area contributed by atoms with E-state index in [-0.39, 0.29) is 10.8 Å². The van der Waals surface area contributed by atoms with Crippen LogP contribution in [0.1, 0.15) is 11.1 Å². The molecule has 5 nitrogen and oxygen atoms in total. The number of hydrogen-bond donors (Lipinski definition) is 0. The van der Waals surface area contributed by atoms with Gasteiger partial charge < -0.3 is 4.74 Å². The molecule has 1 aliphatic rings. The summed E-state index contributed by atoms with van der Waals surface area (Å²) in [5.41, 5.74) is 2.96. The first-order chi connectivity index (χ1) is 13.3. The number of aryl methyl sites for hydroxylation is 2. The van der Waals surface area contributed by atoms with E-state index in [2.05, 4.69) is 9.73 Å². The minimum atomic E-state index is -0.614. The lowest BCUT2D eigenvalue weighted by atomic mass is 10.2. The van der Waals surface area contributed by atoms with E-state index in [9.17, 15) is 9.59 Å². The number of aliphatic imine (C=N–C) groups is 1. The molecule has 3 rings (SSSR count). The highest BCUT2D eigenvalue weighted by Gasteiger charge is 2.35. The molecule has 144 valence electrons. The van der Waals surface area contributed by atoms with Crippen LogP contribution in [0.4, 0.5) is 11.4 Å². The summed E-state index contributed by atoms with van der Waals surface area (Å²) < 4.78 is 4.64. The van der Waals surface area contributed by atoms with Crippen molar-refractivity contribution in [2.45, 2.75) is 13.8 Å². The van der Waals surface area contributed by atoms with Gasteiger partial charge in [-0.1, -0.05) is 35.3 Å². The van der Waals surface area contributed by atoms with Crippen molar-refractivity contribution in [2.24, 2.45) is 4.99 Å². The van der Waals surface area contributed by atoms with E-state index in [1.54, 1.807) is 18.2 Å². The first-order valence-electron chi connectivity index (χ1n) is 8.23. The van der Waals surface area contributed by atoms with Gasteiger partial charge in [0.25, 0.3) is 5.91 Å². The summed E-state index contributed by atoms with van der Waals surface area (Å²) in [6, 6.07) is 10.7. The molecule has 0 aliphatic carbocycles. The van der Waals surface area contributed by atoms with Gasteiger partial charge in [0.1, 0.15) is 0 Å². The Hall–Kier alpha value is -2.28. The number of benzene rings is 2. The van der Waals surface area contributed by atoms with Crippen molar-refractivity contribution >= 4 is 63.4 Å². The van der Waals surface area contributed by atoms with Crippen LogP contribution in [-0.2, 0) is 14.3 Å². The average molecular weight is 435 g/mol. The zero-order chi connectivity index (χ0) is 20.4. The van der Waals surface area contributed by atoms with Crippen LogP contribution in [0.15, 0.2) is 52.4 Å². The van der Waals surface area contributed by atoms with Crippen LogP contribution in [0.25, 0.3) is 0 Å². The number of carbonyl (C=O) groups excluding carboxylic acids is 2. The summed E-state index contributed by atoms with van der Waals surface area (Å²) in [5.74, 6) is -0.996. The first-order valence-corrected chi connectivity index (χ1v) is 9.80. The number of ether oxygens (including phenoxy) is 1. The Balaban J connectivity index is 2.10. The van der Waals surface area contributed by atoms with E-state index in [1.165, 1.54) is 12.0 Å². The van der Waals surface area contributed by atoms with Crippen LogP contribution in [0.3, 0.4) is 0 Å². The number of amides is 1. The van der Waals surface area contributed by atoms with Crippen LogP contribution in [0, 0.1) is 13.8 Å². The zero-order valence-corrected chi connectivity index (χ0v) is 17.7. The van der Waals surface area contributed by atoms with Gasteiger partial charge in [-0.15, -0.1) is 0 Å². The van der Waals surface area contributed by atoms with Gasteiger partial charge in [0.2, 0.25) is 0 Å². The highest BCUT2D eigenvalue weighted by molar-refractivity contribution is 8.19. The van der Waals surface area contributed by atoms with E-state index in [0.717, 1.165) is 29.0 Å². The molecule has 0 N–H and O–H groups in total. The van der Waals surface area contributed by atoms with Crippen molar-refractivity contribution in [3.8, 4) is 0 Å². The van der Waals surface area contributed by atoms with Crippen molar-refractivity contribution in [1.82, 2.24) is 0 Å². The van der Waals surface area contributed by atoms with E-state index < -0.39 is 5.97 Å². The van der Waals surface area contributed by atoms with Gasteiger partial charge in [0, 0.05) is 16.1 Å². The summed E-state index contributed by atoms with van der Waals surface area (Å²) in [6.07, 6.45) is 1.15. The number of hydrogen-bond acceptors (Lipinski definition) is 5. The molecule has 2 aromatic carbocycles. The molecule has 1 saturated heterocycles. The molecule has 0 saturated carbocycles. The number of amidine groups is 1. The fourth-order valence-corrected chi connectivity index (χ4v) is 3.74. The van der Waals surface area contributed by atoms with Gasteiger partial charge in [0.05, 0.1) is 23.4 Å². The Kier molecular flexibility index (Phi) is 6.13. The third-order valence-corrected chi connectivity index (χ3v) is 5.83. The monoisotopic (exact) mass is 434 g/mol. The lowest BCUT2D eigenvalue weighted by Crippen LogP contribution is -2.28. The minimum absolute atomic E-state index is 0.209. The number of esters is 1. The molecule has 0 unspecified atom stereocenters. The molecule has 0 spiro atoms. The normalized spacial score (nSPS) is 16.9. The quantitative estimate of drug-likeness (QED) is 0.476. The maximum absolute atomic E-state index is 13.0. The molecule has 2 aromatic rings. The zero-order valence-electron chi connectivity index (χ0n) is 15.3. The van der Waals surface area contributed by atoms with Crippen molar-refractivity contribution < 1.29 is 14.3 Å². The molecule has 8 heteroatoms. The summed E-state index contributed by atoms with van der Waals surface area (Å²) in [4.78, 5) is 30.8. The molecule has 1 heterocycles. The molecule has 28 heavy (non-hydrogen) atoms. The predicted molar refractivity (Wildman–Crippen MR) is 115 cm³/mol. The Morgan fingerprint density at radius 1 is 1.11 bits per heavy atom. The predicted octanol–water partition coefficient (Wildman–Crippen LogP) is 5.43. The topological polar surface area (TPSA) is 59.0 Å². The summed E-state index contributed by atoms with van der Waals surface area (Å²) in [5, 5.41) is 1.49. The molecule has 1 aliphatic heterocycles. The Morgan fingerprint density at radius 2 is 1.75 bits per heavy atom. The van der Waals surface area contributed by atoms with E-state index in [1.807, 2.05) is 32.0 Å². The van der Waals surface area contributed by atoms with Crippen molar-refractivity contribution in [1.29, 1.82) is 0 Å². The van der Waals surface area contributed by atoms with Crippen LogP contribution in [-0.4, -0.2) is 24.2 Å². The van der Waals surface area contributed by atoms with E-state index in [4.69, 9.17) is 23.2 Å². The van der Waals surface area contributed by atoms with Crippen molar-refractivity contribution in [3.63, 3.8) is 0 Å². The number of anilines is 1. The molecule has 0 aromatic heterocycles. The highest BCUT2D eigenvalue weighted by Crippen LogP contribution is 2.37. The Labute approximate surface area is 177 Å². The SMILES string of the molecule is COC(=O)/C=C1\SC(=Nc2ccc(C)c(Cl)c2)N(c2ccc(C)c(Cl)c2)C1=O. The second-order valence-corrected chi connectivity index (χ2v) is 7.86. The van der Waals surface area contributed by atoms with Gasteiger partial charge in [-0.05, 0) is 61.0 Å². The number of rotatable bonds is 3. The lowest BCUT2D eigenvalue weighted by molar-refractivity contribution is -0.135. The third-order valence-electron chi connectivity index (χ3n) is 4.05. The van der Waals surface area contributed by atoms with E-state index >= 15 is 0 Å². The molecule has 0 atom stereocenters. The molecule has 0 radical (unpaired) electrons. The van der Waals surface area contributed by atoms with Crippen molar-refractivity contribution in [2.75, 3.05) is 12.0 Å². The van der Waals surface area contributed by atoms with Gasteiger partial charge in [0.15, 0.2) is 5.17 Å². The Morgan fingerprint density at radius 3 is 2.36 bits per heavy atom. The van der Waals surface area contributed by atoms with Crippen LogP contribution in [0.2, 0.25) is 10.0 Å². The van der Waals surface area contributed by atoms with Gasteiger partial charge in [-0.3, -0.25) is 9.69 Å². The Bertz CT molecular complexity index is 1030. The van der Waals surface area contributed by atoms with E-state index in [0.29, 0.717) is 26.6 Å². The fraction of sp³-hybridized carbons (Fsp3) is 0.150. The molecular weight excluding hydrogens is 419 g/mol. The maximum atomic E-state index is 13.0. The van der Waals surface area contributed by atoms with Crippen LogP contribution < -0.4 is 4.90 Å². The van der Waals surface area contributed by atoms with Crippen molar-refractivity contribution in [3.05, 3.63) is 68.6 Å². The minimum Gasteiger partial charge on any atom is -0.466 e. The van der Waals surface area contributed by atoms with Gasteiger partial charge >= 0.3 is 5.97 Å². The lowest BCUT2D eigenvalue weighted by Gasteiger charge is -2.16. The molecular formula is C20H16Cl2N2O3S. The number of methoxy groups -OCH3 is 1. The average Bonchev–Trinajstić information content (AvgIpc) is 2.95. The highest BCUT2D eigenvalue weighted by atomic mass is 35.5. The maximum Gasteiger partial charge on any atom is 0.331 e. The molecule has 0 bridgehead atoms. The van der Waals surface area contributed by atoms with Gasteiger partial charge in [-0.2, -0.15) is 0 Å². The third kappa shape index (κ3) is 4.24. The summed E-state index contributed by atoms with van der Waals surface area (Å²) >= 11 is 13.5. The van der Waals surface area contributed by atoms with Crippen LogP contribution >= 0.6 is 35.0 Å². The smallest absolute Gasteiger partial charge is 0.331 e.